The second kappa shape index (κ2) is 10.7. The summed E-state index contributed by atoms with van der Waals surface area (Å²) in [6, 6.07) is 15.7. The number of carbonyl (C=O) groups excluding carboxylic acids is 2. The Kier molecular flexibility index (Phi) is 8.69. The van der Waals surface area contributed by atoms with E-state index in [0.29, 0.717) is 12.8 Å². The summed E-state index contributed by atoms with van der Waals surface area (Å²) in [5, 5.41) is 2.95. The first-order chi connectivity index (χ1) is 14.8. The van der Waals surface area contributed by atoms with Gasteiger partial charge in [0, 0.05) is 16.8 Å². The van der Waals surface area contributed by atoms with Crippen molar-refractivity contribution in [3.63, 3.8) is 0 Å². The van der Waals surface area contributed by atoms with Crippen molar-refractivity contribution in [3.8, 4) is 0 Å². The van der Waals surface area contributed by atoms with Gasteiger partial charge in [-0.05, 0) is 61.4 Å². The number of Topliss-reactive ketones (excluding diaryl/α,β-unsaturated/α-hetero) is 1. The van der Waals surface area contributed by atoms with Crippen molar-refractivity contribution < 1.29 is 14.3 Å². The summed E-state index contributed by atoms with van der Waals surface area (Å²) in [6.07, 6.45) is 0.559. The van der Waals surface area contributed by atoms with E-state index in [1.807, 2.05) is 64.1 Å². The van der Waals surface area contributed by atoms with Crippen molar-refractivity contribution in [2.75, 3.05) is 0 Å². The Balaban J connectivity index is 2.20. The number of ketones is 1. The summed E-state index contributed by atoms with van der Waals surface area (Å²) in [4.78, 5) is 25.6. The van der Waals surface area contributed by atoms with Crippen LogP contribution < -0.4 is 5.32 Å². The van der Waals surface area contributed by atoms with Crippen LogP contribution in [0, 0.1) is 5.92 Å². The largest absolute Gasteiger partial charge is 0.444 e. The molecule has 4 nitrogen and oxygen atoms in total. The highest BCUT2D eigenvalue weighted by atomic mass is 79.9. The average molecular weight is 502 g/mol. The van der Waals surface area contributed by atoms with Gasteiger partial charge in [-0.15, -0.1) is 0 Å². The van der Waals surface area contributed by atoms with Crippen molar-refractivity contribution in [2.45, 2.75) is 78.4 Å². The predicted molar refractivity (Wildman–Crippen MR) is 134 cm³/mol. The summed E-state index contributed by atoms with van der Waals surface area (Å²) in [7, 11) is 0. The van der Waals surface area contributed by atoms with Gasteiger partial charge in [-0.25, -0.2) is 4.79 Å². The van der Waals surface area contributed by atoms with E-state index in [1.54, 1.807) is 0 Å². The fraction of sp³-hybridized carbons (Fsp3) is 0.481. The number of amides is 1. The maximum absolute atomic E-state index is 13.1. The zero-order chi connectivity index (χ0) is 24.1. The third-order valence-electron chi connectivity index (χ3n) is 5.39. The van der Waals surface area contributed by atoms with Crippen LogP contribution >= 0.6 is 15.9 Å². The molecule has 0 saturated heterocycles. The number of alkyl carbamates (subject to hydrolysis) is 1. The summed E-state index contributed by atoms with van der Waals surface area (Å²) >= 11 is 3.44. The van der Waals surface area contributed by atoms with Gasteiger partial charge in [0.05, 0.1) is 6.04 Å². The number of carbonyl (C=O) groups is 2. The maximum Gasteiger partial charge on any atom is 0.408 e. The molecule has 0 radical (unpaired) electrons. The van der Waals surface area contributed by atoms with Crippen LogP contribution in [0.4, 0.5) is 4.79 Å². The summed E-state index contributed by atoms with van der Waals surface area (Å²) < 4.78 is 6.49. The molecule has 0 bridgehead atoms. The van der Waals surface area contributed by atoms with Crippen molar-refractivity contribution in [3.05, 3.63) is 69.7 Å². The fourth-order valence-corrected chi connectivity index (χ4v) is 3.72. The number of aryl methyl sites for hydroxylation is 1. The highest BCUT2D eigenvalue weighted by molar-refractivity contribution is 9.10. The molecule has 2 unspecified atom stereocenters. The molecule has 1 N–H and O–H groups in total. The second-order valence-corrected chi connectivity index (χ2v) is 11.3. The van der Waals surface area contributed by atoms with Crippen molar-refractivity contribution in [2.24, 2.45) is 5.92 Å². The minimum absolute atomic E-state index is 0.0265. The molecule has 0 aliphatic carbocycles. The molecular weight excluding hydrogens is 466 g/mol. The minimum atomic E-state index is -0.612. The first-order valence-corrected chi connectivity index (χ1v) is 11.9. The van der Waals surface area contributed by atoms with E-state index in [1.165, 1.54) is 5.56 Å². The molecule has 2 rings (SSSR count). The molecule has 0 heterocycles. The quantitative estimate of drug-likeness (QED) is 0.438. The molecule has 0 aromatic heterocycles. The monoisotopic (exact) mass is 501 g/mol. The Labute approximate surface area is 201 Å². The number of rotatable bonds is 7. The van der Waals surface area contributed by atoms with E-state index in [2.05, 4.69) is 54.2 Å². The number of hydrogen-bond acceptors (Lipinski definition) is 3. The molecule has 1 amide bonds. The minimum Gasteiger partial charge on any atom is -0.444 e. The van der Waals surface area contributed by atoms with Gasteiger partial charge in [0.15, 0.2) is 0 Å². The van der Waals surface area contributed by atoms with Crippen LogP contribution in [-0.4, -0.2) is 17.5 Å². The average Bonchev–Trinajstić information content (AvgIpc) is 2.69. The molecule has 2 aromatic rings. The number of nitrogens with one attached hydrogen (secondary N) is 1. The highest BCUT2D eigenvalue weighted by Crippen LogP contribution is 2.28. The summed E-state index contributed by atoms with van der Waals surface area (Å²) in [6.45, 7) is 13.8. The van der Waals surface area contributed by atoms with E-state index in [0.717, 1.165) is 15.6 Å². The van der Waals surface area contributed by atoms with Crippen LogP contribution in [0.15, 0.2) is 53.0 Å². The van der Waals surface area contributed by atoms with Crippen LogP contribution in [-0.2, 0) is 21.4 Å². The first-order valence-electron chi connectivity index (χ1n) is 11.1. The van der Waals surface area contributed by atoms with Gasteiger partial charge in [0.25, 0.3) is 0 Å². The Morgan fingerprint density at radius 2 is 1.50 bits per heavy atom. The molecule has 0 aliphatic heterocycles. The molecular formula is C27H36BrNO3. The molecule has 32 heavy (non-hydrogen) atoms. The molecule has 5 heteroatoms. The van der Waals surface area contributed by atoms with Gasteiger partial charge < -0.3 is 10.1 Å². The highest BCUT2D eigenvalue weighted by Gasteiger charge is 2.29. The lowest BCUT2D eigenvalue weighted by Gasteiger charge is -2.28. The van der Waals surface area contributed by atoms with Gasteiger partial charge in [0.2, 0.25) is 0 Å². The summed E-state index contributed by atoms with van der Waals surface area (Å²) in [5.74, 6) is -0.285. The van der Waals surface area contributed by atoms with Crippen molar-refractivity contribution in [1.82, 2.24) is 5.32 Å². The van der Waals surface area contributed by atoms with Crippen LogP contribution in [0.25, 0.3) is 0 Å². The molecule has 2 aromatic carbocycles. The van der Waals surface area contributed by atoms with E-state index < -0.39 is 23.7 Å². The SMILES string of the molecule is CC(C(=O)CCc1ccc(Br)cc1)C(NC(=O)OC(C)(C)C)c1ccc(C(C)(C)C)cc1. The van der Waals surface area contributed by atoms with Crippen LogP contribution in [0.5, 0.6) is 0 Å². The molecule has 174 valence electrons. The number of benzene rings is 2. The van der Waals surface area contributed by atoms with E-state index in [9.17, 15) is 9.59 Å². The van der Waals surface area contributed by atoms with Gasteiger partial charge in [-0.2, -0.15) is 0 Å². The van der Waals surface area contributed by atoms with Gasteiger partial charge in [0.1, 0.15) is 11.4 Å². The fourth-order valence-electron chi connectivity index (χ4n) is 3.45. The van der Waals surface area contributed by atoms with Crippen LogP contribution in [0.2, 0.25) is 0 Å². The normalized spacial score (nSPS) is 13.9. The Bertz CT molecular complexity index is 906. The lowest BCUT2D eigenvalue weighted by atomic mass is 9.84. The molecule has 0 aliphatic rings. The van der Waals surface area contributed by atoms with E-state index in [4.69, 9.17) is 4.74 Å². The van der Waals surface area contributed by atoms with Crippen molar-refractivity contribution >= 4 is 27.8 Å². The number of halogens is 1. The zero-order valence-electron chi connectivity index (χ0n) is 20.3. The second-order valence-electron chi connectivity index (χ2n) is 10.4. The van der Waals surface area contributed by atoms with Crippen molar-refractivity contribution in [1.29, 1.82) is 0 Å². The van der Waals surface area contributed by atoms with Gasteiger partial charge in [-0.1, -0.05) is 80.0 Å². The van der Waals surface area contributed by atoms with Gasteiger partial charge >= 0.3 is 6.09 Å². The molecule has 0 spiro atoms. The Morgan fingerprint density at radius 1 is 0.938 bits per heavy atom. The van der Waals surface area contributed by atoms with E-state index in [-0.39, 0.29) is 11.2 Å². The topological polar surface area (TPSA) is 55.4 Å². The maximum atomic E-state index is 13.1. The lowest BCUT2D eigenvalue weighted by Crippen LogP contribution is -2.39. The first kappa shape index (κ1) is 26.1. The predicted octanol–water partition coefficient (Wildman–Crippen LogP) is 7.15. The Morgan fingerprint density at radius 3 is 2.00 bits per heavy atom. The van der Waals surface area contributed by atoms with Crippen LogP contribution in [0.1, 0.15) is 77.6 Å². The van der Waals surface area contributed by atoms with Crippen LogP contribution in [0.3, 0.4) is 0 Å². The third-order valence-corrected chi connectivity index (χ3v) is 5.92. The third kappa shape index (κ3) is 8.09. The molecule has 2 atom stereocenters. The number of ether oxygens (including phenoxy) is 1. The molecule has 0 saturated carbocycles. The summed E-state index contributed by atoms with van der Waals surface area (Å²) in [5.41, 5.74) is 2.62. The molecule has 0 fully saturated rings. The lowest BCUT2D eigenvalue weighted by molar-refractivity contribution is -0.123. The van der Waals surface area contributed by atoms with E-state index >= 15 is 0 Å². The smallest absolute Gasteiger partial charge is 0.408 e. The standard InChI is InChI=1S/C27H36BrNO3/c1-18(23(30)17-10-19-8-15-22(28)16-9-19)24(29-25(31)32-27(5,6)7)20-11-13-21(14-12-20)26(2,3)4/h8-9,11-16,18,24H,10,17H2,1-7H3,(H,29,31). The zero-order valence-corrected chi connectivity index (χ0v) is 21.9. The Hall–Kier alpha value is -2.14. The van der Waals surface area contributed by atoms with Gasteiger partial charge in [-0.3, -0.25) is 4.79 Å². The number of hydrogen-bond donors (Lipinski definition) is 1.